The first-order chi connectivity index (χ1) is 10.7. The predicted octanol–water partition coefficient (Wildman–Crippen LogP) is 4.06. The number of fused-ring (bicyclic) bond motifs is 1. The van der Waals surface area contributed by atoms with Crippen LogP contribution in [0.3, 0.4) is 0 Å². The molecule has 0 saturated heterocycles. The molecule has 0 spiro atoms. The Hall–Kier alpha value is -1.36. The van der Waals surface area contributed by atoms with Gasteiger partial charge in [-0.05, 0) is 35.1 Å². The summed E-state index contributed by atoms with van der Waals surface area (Å²) in [5.74, 6) is -0.207. The molecule has 0 amide bonds. The fourth-order valence-electron chi connectivity index (χ4n) is 2.96. The molecule has 2 aromatic rings. The van der Waals surface area contributed by atoms with Gasteiger partial charge in [-0.25, -0.2) is 0 Å². The van der Waals surface area contributed by atoms with Crippen molar-refractivity contribution in [3.05, 3.63) is 56.7 Å². The largest absolute Gasteiger partial charge is 0.469 e. The number of halogens is 1. The molecule has 0 radical (unpaired) electrons. The molecule has 1 atom stereocenters. The van der Waals surface area contributed by atoms with Crippen molar-refractivity contribution in [1.82, 2.24) is 4.90 Å². The number of esters is 1. The van der Waals surface area contributed by atoms with Crippen LogP contribution < -0.4 is 0 Å². The first kappa shape index (κ1) is 15.5. The molecule has 0 saturated carbocycles. The van der Waals surface area contributed by atoms with Crippen LogP contribution >= 0.6 is 22.9 Å². The number of nitrogens with zero attached hydrogens (tertiary/aromatic N) is 1. The first-order valence-electron chi connectivity index (χ1n) is 7.29. The van der Waals surface area contributed by atoms with Crippen LogP contribution in [0.5, 0.6) is 0 Å². The topological polar surface area (TPSA) is 29.5 Å². The van der Waals surface area contributed by atoms with Crippen LogP contribution in [0.1, 0.15) is 28.5 Å². The summed E-state index contributed by atoms with van der Waals surface area (Å²) in [6.07, 6.45) is 1.34. The van der Waals surface area contributed by atoms with Crippen molar-refractivity contribution in [2.45, 2.75) is 25.4 Å². The highest BCUT2D eigenvalue weighted by Crippen LogP contribution is 2.35. The number of hydrogen-bond acceptors (Lipinski definition) is 4. The lowest BCUT2D eigenvalue weighted by Gasteiger charge is -2.34. The van der Waals surface area contributed by atoms with Gasteiger partial charge in [-0.15, -0.1) is 11.3 Å². The SMILES string of the molecule is COC(=O)C[C@H](c1ccccc1Cl)N1CCc2sccc2C1. The lowest BCUT2D eigenvalue weighted by Crippen LogP contribution is -2.35. The first-order valence-corrected chi connectivity index (χ1v) is 8.55. The molecule has 3 rings (SSSR count). The molecule has 3 nitrogen and oxygen atoms in total. The van der Waals surface area contributed by atoms with Crippen LogP contribution in [0.25, 0.3) is 0 Å². The Bertz CT molecular complexity index is 670. The number of thiophene rings is 1. The van der Waals surface area contributed by atoms with Crippen molar-refractivity contribution in [1.29, 1.82) is 0 Å². The van der Waals surface area contributed by atoms with E-state index in [1.54, 1.807) is 0 Å². The van der Waals surface area contributed by atoms with E-state index in [1.165, 1.54) is 17.6 Å². The van der Waals surface area contributed by atoms with Crippen LogP contribution in [-0.4, -0.2) is 24.5 Å². The molecule has 1 aliphatic rings. The van der Waals surface area contributed by atoms with E-state index in [-0.39, 0.29) is 12.0 Å². The van der Waals surface area contributed by atoms with Crippen LogP contribution in [0.4, 0.5) is 0 Å². The Labute approximate surface area is 139 Å². The normalized spacial score (nSPS) is 16.1. The third kappa shape index (κ3) is 3.19. The third-order valence-corrected chi connectivity index (χ3v) is 5.50. The van der Waals surface area contributed by atoms with E-state index < -0.39 is 0 Å². The number of rotatable bonds is 4. The zero-order valence-corrected chi connectivity index (χ0v) is 14.0. The van der Waals surface area contributed by atoms with Gasteiger partial charge in [0.05, 0.1) is 13.5 Å². The van der Waals surface area contributed by atoms with E-state index in [0.717, 1.165) is 25.1 Å². The Morgan fingerprint density at radius 2 is 2.23 bits per heavy atom. The maximum absolute atomic E-state index is 11.9. The maximum atomic E-state index is 11.9. The van der Waals surface area contributed by atoms with E-state index in [4.69, 9.17) is 16.3 Å². The lowest BCUT2D eigenvalue weighted by atomic mass is 9.98. The second-order valence-corrected chi connectivity index (χ2v) is 6.81. The summed E-state index contributed by atoms with van der Waals surface area (Å²) >= 11 is 8.18. The van der Waals surface area contributed by atoms with Crippen molar-refractivity contribution in [3.8, 4) is 0 Å². The van der Waals surface area contributed by atoms with E-state index >= 15 is 0 Å². The van der Waals surface area contributed by atoms with Gasteiger partial charge >= 0.3 is 5.97 Å². The molecule has 116 valence electrons. The van der Waals surface area contributed by atoms with Gasteiger partial charge in [-0.1, -0.05) is 29.8 Å². The van der Waals surface area contributed by atoms with E-state index in [2.05, 4.69) is 16.3 Å². The molecular weight excluding hydrogens is 318 g/mol. The summed E-state index contributed by atoms with van der Waals surface area (Å²) in [6.45, 7) is 1.78. The van der Waals surface area contributed by atoms with Crippen molar-refractivity contribution >= 4 is 28.9 Å². The van der Waals surface area contributed by atoms with E-state index in [9.17, 15) is 4.79 Å². The van der Waals surface area contributed by atoms with Crippen molar-refractivity contribution in [2.24, 2.45) is 0 Å². The highest BCUT2D eigenvalue weighted by Gasteiger charge is 2.28. The second-order valence-electron chi connectivity index (χ2n) is 5.41. The Kier molecular flexibility index (Phi) is 4.81. The molecule has 22 heavy (non-hydrogen) atoms. The quantitative estimate of drug-likeness (QED) is 0.789. The minimum atomic E-state index is -0.207. The van der Waals surface area contributed by atoms with Crippen molar-refractivity contribution < 1.29 is 9.53 Å². The summed E-state index contributed by atoms with van der Waals surface area (Å²) in [6, 6.07) is 9.88. The third-order valence-electron chi connectivity index (χ3n) is 4.13. The zero-order chi connectivity index (χ0) is 15.5. The monoisotopic (exact) mass is 335 g/mol. The Morgan fingerprint density at radius 3 is 3.00 bits per heavy atom. The minimum Gasteiger partial charge on any atom is -0.469 e. The molecular formula is C17H18ClNO2S. The highest BCUT2D eigenvalue weighted by atomic mass is 35.5. The zero-order valence-electron chi connectivity index (χ0n) is 12.4. The smallest absolute Gasteiger partial charge is 0.307 e. The van der Waals surface area contributed by atoms with Gasteiger partial charge in [-0.2, -0.15) is 0 Å². The highest BCUT2D eigenvalue weighted by molar-refractivity contribution is 7.10. The summed E-state index contributed by atoms with van der Waals surface area (Å²) in [4.78, 5) is 15.6. The van der Waals surface area contributed by atoms with Gasteiger partial charge < -0.3 is 4.74 Å². The molecule has 0 unspecified atom stereocenters. The summed E-state index contributed by atoms with van der Waals surface area (Å²) in [7, 11) is 1.43. The number of benzene rings is 1. The fraction of sp³-hybridized carbons (Fsp3) is 0.353. The fourth-order valence-corrected chi connectivity index (χ4v) is 4.11. The Morgan fingerprint density at radius 1 is 1.41 bits per heavy atom. The molecule has 2 heterocycles. The number of methoxy groups -OCH3 is 1. The van der Waals surface area contributed by atoms with Crippen LogP contribution in [0.2, 0.25) is 5.02 Å². The van der Waals surface area contributed by atoms with Crippen LogP contribution in [-0.2, 0) is 22.5 Å². The molecule has 1 aromatic heterocycles. The van der Waals surface area contributed by atoms with Crippen LogP contribution in [0, 0.1) is 0 Å². The second kappa shape index (κ2) is 6.82. The summed E-state index contributed by atoms with van der Waals surface area (Å²) in [5.41, 5.74) is 2.35. The van der Waals surface area contributed by atoms with E-state index in [1.807, 2.05) is 35.6 Å². The summed E-state index contributed by atoms with van der Waals surface area (Å²) < 4.78 is 4.88. The molecule has 5 heteroatoms. The molecule has 0 bridgehead atoms. The van der Waals surface area contributed by atoms with Gasteiger partial charge in [-0.3, -0.25) is 9.69 Å². The molecule has 1 aliphatic heterocycles. The summed E-state index contributed by atoms with van der Waals surface area (Å²) in [5, 5.41) is 2.84. The number of carbonyl (C=O) groups excluding carboxylic acids is 1. The molecule has 1 aromatic carbocycles. The van der Waals surface area contributed by atoms with E-state index in [0.29, 0.717) is 11.4 Å². The van der Waals surface area contributed by atoms with Crippen molar-refractivity contribution in [2.75, 3.05) is 13.7 Å². The Balaban J connectivity index is 1.89. The number of carbonyl (C=O) groups is 1. The van der Waals surface area contributed by atoms with Gasteiger partial charge in [0.1, 0.15) is 0 Å². The molecule has 0 N–H and O–H groups in total. The average Bonchev–Trinajstić information content (AvgIpc) is 3.00. The van der Waals surface area contributed by atoms with Gasteiger partial charge in [0.15, 0.2) is 0 Å². The van der Waals surface area contributed by atoms with Gasteiger partial charge in [0, 0.05) is 29.0 Å². The molecule has 0 fully saturated rings. The maximum Gasteiger partial charge on any atom is 0.307 e. The molecule has 0 aliphatic carbocycles. The minimum absolute atomic E-state index is 0.0470. The van der Waals surface area contributed by atoms with Crippen molar-refractivity contribution in [3.63, 3.8) is 0 Å². The lowest BCUT2D eigenvalue weighted by molar-refractivity contribution is -0.142. The predicted molar refractivity (Wildman–Crippen MR) is 89.3 cm³/mol. The number of hydrogen-bond donors (Lipinski definition) is 0. The van der Waals surface area contributed by atoms with Gasteiger partial charge in [0.2, 0.25) is 0 Å². The number of ether oxygens (including phenoxy) is 1. The average molecular weight is 336 g/mol. The van der Waals surface area contributed by atoms with Crippen LogP contribution in [0.15, 0.2) is 35.7 Å². The van der Waals surface area contributed by atoms with Gasteiger partial charge in [0.25, 0.3) is 0 Å². The standard InChI is InChI=1S/C17H18ClNO2S/c1-21-17(20)10-15(13-4-2-3-5-14(13)18)19-8-6-16-12(11-19)7-9-22-16/h2-5,7,9,15H,6,8,10-11H2,1H3/t15-/m1/s1.